The van der Waals surface area contributed by atoms with Crippen LogP contribution >= 0.6 is 11.6 Å². The van der Waals surface area contributed by atoms with Crippen LogP contribution in [0.5, 0.6) is 5.75 Å². The minimum atomic E-state index is -0.371. The number of rotatable bonds is 7. The van der Waals surface area contributed by atoms with Crippen LogP contribution in [0.4, 0.5) is 0 Å². The van der Waals surface area contributed by atoms with Gasteiger partial charge in [-0.2, -0.15) is 0 Å². The number of ether oxygens (including phenoxy) is 1. The highest BCUT2D eigenvalue weighted by Gasteiger charge is 2.17. The number of benzene rings is 1. The maximum atomic E-state index is 12.2. The Hall–Kier alpha value is -2.38. The zero-order chi connectivity index (χ0) is 16.5. The average Bonchev–Trinajstić information content (AvgIpc) is 2.56. The molecule has 0 heterocycles. The van der Waals surface area contributed by atoms with E-state index in [0.717, 1.165) is 0 Å². The number of ketones is 2. The van der Waals surface area contributed by atoms with E-state index in [1.807, 2.05) is 0 Å². The van der Waals surface area contributed by atoms with Gasteiger partial charge in [-0.3, -0.25) is 14.6 Å². The SMILES string of the molecule is C#C/C(Cl)=C(\N=C/C)C(=O)CCC(=O)c1ccccc1OC. The van der Waals surface area contributed by atoms with Gasteiger partial charge in [-0.05, 0) is 19.1 Å². The number of terminal acetylenes is 1. The summed E-state index contributed by atoms with van der Waals surface area (Å²) in [6.07, 6.45) is 6.60. The molecule has 5 heteroatoms. The van der Waals surface area contributed by atoms with Crippen LogP contribution in [-0.2, 0) is 4.79 Å². The van der Waals surface area contributed by atoms with Crippen LogP contribution in [0.1, 0.15) is 30.1 Å². The maximum absolute atomic E-state index is 12.2. The van der Waals surface area contributed by atoms with Gasteiger partial charge in [0.05, 0.1) is 12.7 Å². The summed E-state index contributed by atoms with van der Waals surface area (Å²) in [5, 5.41) is -0.0622. The molecule has 0 radical (unpaired) electrons. The Bertz CT molecular complexity index is 669. The van der Waals surface area contributed by atoms with Crippen LogP contribution < -0.4 is 4.74 Å². The molecule has 0 aliphatic carbocycles. The summed E-state index contributed by atoms with van der Waals surface area (Å²) in [5.41, 5.74) is 0.435. The lowest BCUT2D eigenvalue weighted by Gasteiger charge is -2.07. The number of nitrogens with zero attached hydrogens (tertiary/aromatic N) is 1. The molecule has 0 fully saturated rings. The number of carbonyl (C=O) groups excluding carboxylic acids is 2. The van der Waals surface area contributed by atoms with Gasteiger partial charge < -0.3 is 4.74 Å². The lowest BCUT2D eigenvalue weighted by atomic mass is 10.0. The molecule has 0 aliphatic rings. The molecular formula is C17H16ClNO3. The van der Waals surface area contributed by atoms with Crippen molar-refractivity contribution in [3.63, 3.8) is 0 Å². The molecule has 0 saturated carbocycles. The van der Waals surface area contributed by atoms with E-state index >= 15 is 0 Å². The molecule has 0 saturated heterocycles. The van der Waals surface area contributed by atoms with Gasteiger partial charge >= 0.3 is 0 Å². The number of Topliss-reactive ketones (excluding diaryl/α,β-unsaturated/α-hetero) is 2. The van der Waals surface area contributed by atoms with Crippen molar-refractivity contribution in [3.05, 3.63) is 40.6 Å². The number of methoxy groups -OCH3 is 1. The third-order valence-electron chi connectivity index (χ3n) is 2.84. The van der Waals surface area contributed by atoms with Crippen LogP contribution in [-0.4, -0.2) is 24.9 Å². The Kier molecular flexibility index (Phi) is 7.07. The zero-order valence-corrected chi connectivity index (χ0v) is 13.2. The largest absolute Gasteiger partial charge is 0.496 e. The smallest absolute Gasteiger partial charge is 0.183 e. The Labute approximate surface area is 134 Å². The number of halogens is 1. The van der Waals surface area contributed by atoms with Crippen LogP contribution in [0.15, 0.2) is 40.0 Å². The minimum absolute atomic E-state index is 0.000469. The van der Waals surface area contributed by atoms with Crippen molar-refractivity contribution in [1.29, 1.82) is 0 Å². The van der Waals surface area contributed by atoms with E-state index in [0.29, 0.717) is 11.3 Å². The second kappa shape index (κ2) is 8.81. The van der Waals surface area contributed by atoms with Gasteiger partial charge in [0.15, 0.2) is 11.6 Å². The molecule has 1 aromatic carbocycles. The fraction of sp³-hybridized carbons (Fsp3) is 0.235. The van der Waals surface area contributed by atoms with E-state index in [1.165, 1.54) is 13.3 Å². The summed E-state index contributed by atoms with van der Waals surface area (Å²) in [5.74, 6) is 2.09. The molecule has 0 aliphatic heterocycles. The van der Waals surface area contributed by atoms with Crippen LogP contribution in [0.2, 0.25) is 0 Å². The first-order valence-electron chi connectivity index (χ1n) is 6.59. The summed E-state index contributed by atoms with van der Waals surface area (Å²) in [6, 6.07) is 6.85. The average molecular weight is 318 g/mol. The number of hydrogen-bond acceptors (Lipinski definition) is 4. The topological polar surface area (TPSA) is 55.7 Å². The molecule has 0 N–H and O–H groups in total. The summed E-state index contributed by atoms with van der Waals surface area (Å²) >= 11 is 5.79. The fourth-order valence-electron chi connectivity index (χ4n) is 1.80. The summed E-state index contributed by atoms with van der Waals surface area (Å²) < 4.78 is 5.13. The van der Waals surface area contributed by atoms with Crippen LogP contribution in [0.3, 0.4) is 0 Å². The van der Waals surface area contributed by atoms with Gasteiger partial charge in [0.1, 0.15) is 16.5 Å². The molecule has 114 valence electrons. The van der Waals surface area contributed by atoms with Gasteiger partial charge in [0, 0.05) is 19.1 Å². The highest BCUT2D eigenvalue weighted by molar-refractivity contribution is 6.34. The second-order valence-electron chi connectivity index (χ2n) is 4.24. The minimum Gasteiger partial charge on any atom is -0.496 e. The lowest BCUT2D eigenvalue weighted by molar-refractivity contribution is -0.115. The number of para-hydroxylation sites is 1. The molecule has 0 aromatic heterocycles. The molecule has 0 spiro atoms. The first kappa shape index (κ1) is 17.7. The van der Waals surface area contributed by atoms with E-state index in [1.54, 1.807) is 31.2 Å². The van der Waals surface area contributed by atoms with Gasteiger partial charge in [-0.15, -0.1) is 6.42 Å². The molecule has 1 rings (SSSR count). The standard InChI is InChI=1S/C17H16ClNO3/c1-4-13(18)17(19-5-2)15(21)11-10-14(20)12-8-6-7-9-16(12)22-3/h1,5-9H,10-11H2,2-3H3/b17-13+,19-5-. The first-order valence-corrected chi connectivity index (χ1v) is 6.97. The third-order valence-corrected chi connectivity index (χ3v) is 3.13. The summed E-state index contributed by atoms with van der Waals surface area (Å²) in [7, 11) is 1.49. The first-order chi connectivity index (χ1) is 10.5. The zero-order valence-electron chi connectivity index (χ0n) is 12.4. The van der Waals surface area contributed by atoms with E-state index in [2.05, 4.69) is 10.9 Å². The predicted molar refractivity (Wildman–Crippen MR) is 87.4 cm³/mol. The number of hydrogen-bond donors (Lipinski definition) is 0. The van der Waals surface area contributed by atoms with Crippen LogP contribution in [0, 0.1) is 12.3 Å². The van der Waals surface area contributed by atoms with E-state index in [4.69, 9.17) is 22.8 Å². The quantitative estimate of drug-likeness (QED) is 0.335. The van der Waals surface area contributed by atoms with E-state index in [-0.39, 0.29) is 35.1 Å². The highest BCUT2D eigenvalue weighted by Crippen LogP contribution is 2.21. The molecule has 22 heavy (non-hydrogen) atoms. The second-order valence-corrected chi connectivity index (χ2v) is 4.62. The van der Waals surface area contributed by atoms with E-state index in [9.17, 15) is 9.59 Å². The van der Waals surface area contributed by atoms with Crippen molar-refractivity contribution in [2.45, 2.75) is 19.8 Å². The monoisotopic (exact) mass is 317 g/mol. The molecule has 0 amide bonds. The lowest BCUT2D eigenvalue weighted by Crippen LogP contribution is -2.08. The normalized spacial score (nSPS) is 11.7. The molecular weight excluding hydrogens is 302 g/mol. The maximum Gasteiger partial charge on any atom is 0.183 e. The highest BCUT2D eigenvalue weighted by atomic mass is 35.5. The Morgan fingerprint density at radius 3 is 2.64 bits per heavy atom. The predicted octanol–water partition coefficient (Wildman–Crippen LogP) is 3.40. The molecule has 1 aromatic rings. The Morgan fingerprint density at radius 1 is 1.36 bits per heavy atom. The number of aliphatic imine (C=N–C) groups is 1. The van der Waals surface area contributed by atoms with Crippen molar-refractivity contribution in [3.8, 4) is 18.1 Å². The van der Waals surface area contributed by atoms with Crippen molar-refractivity contribution in [2.75, 3.05) is 7.11 Å². The summed E-state index contributed by atoms with van der Waals surface area (Å²) in [6.45, 7) is 1.65. The fourth-order valence-corrected chi connectivity index (χ4v) is 1.96. The van der Waals surface area contributed by atoms with Crippen molar-refractivity contribution >= 4 is 29.4 Å². The molecule has 0 bridgehead atoms. The molecule has 0 atom stereocenters. The van der Waals surface area contributed by atoms with Crippen molar-refractivity contribution in [2.24, 2.45) is 4.99 Å². The summed E-state index contributed by atoms with van der Waals surface area (Å²) in [4.78, 5) is 28.2. The van der Waals surface area contributed by atoms with Gasteiger partial charge in [0.25, 0.3) is 0 Å². The van der Waals surface area contributed by atoms with Crippen molar-refractivity contribution < 1.29 is 14.3 Å². The van der Waals surface area contributed by atoms with Crippen LogP contribution in [0.25, 0.3) is 0 Å². The van der Waals surface area contributed by atoms with Crippen molar-refractivity contribution in [1.82, 2.24) is 0 Å². The number of carbonyl (C=O) groups is 2. The van der Waals surface area contributed by atoms with Gasteiger partial charge in [0.2, 0.25) is 0 Å². The number of allylic oxidation sites excluding steroid dienone is 2. The molecule has 4 nitrogen and oxygen atoms in total. The molecule has 0 unspecified atom stereocenters. The van der Waals surface area contributed by atoms with E-state index < -0.39 is 0 Å². The third kappa shape index (κ3) is 4.57. The Morgan fingerprint density at radius 2 is 2.05 bits per heavy atom. The Balaban J connectivity index is 2.83. The van der Waals surface area contributed by atoms with Gasteiger partial charge in [-0.25, -0.2) is 0 Å². The van der Waals surface area contributed by atoms with Gasteiger partial charge in [-0.1, -0.05) is 29.7 Å².